The maximum atomic E-state index is 13.7. The Morgan fingerprint density at radius 1 is 0.960 bits per heavy atom. The van der Waals surface area contributed by atoms with Gasteiger partial charge in [-0.05, 0) is 111 Å². The van der Waals surface area contributed by atoms with Gasteiger partial charge < -0.3 is 24.4 Å². The lowest BCUT2D eigenvalue weighted by Crippen LogP contribution is -2.37. The van der Waals surface area contributed by atoms with Crippen molar-refractivity contribution in [3.63, 3.8) is 0 Å². The zero-order valence-electron chi connectivity index (χ0n) is 29.1. The third-order valence-electron chi connectivity index (χ3n) is 9.25. The first-order chi connectivity index (χ1) is 24.5. The fourth-order valence-corrected chi connectivity index (χ4v) is 7.18. The number of benzene rings is 3. The number of thiophene rings is 1. The maximum Gasteiger partial charge on any atom is 0.268 e. The minimum Gasteiger partial charge on any atom is -0.493 e. The van der Waals surface area contributed by atoms with Crippen molar-refractivity contribution in [1.82, 2.24) is 4.90 Å². The molecule has 1 N–H and O–H groups in total. The van der Waals surface area contributed by atoms with Crippen molar-refractivity contribution in [1.29, 1.82) is 0 Å². The van der Waals surface area contributed by atoms with Crippen LogP contribution in [0, 0.1) is 0 Å². The second kappa shape index (κ2) is 17.6. The summed E-state index contributed by atoms with van der Waals surface area (Å²) in [6.45, 7) is 7.38. The molecule has 4 heterocycles. The third-order valence-corrected chi connectivity index (χ3v) is 10.1. The first-order valence-corrected chi connectivity index (χ1v) is 18.6. The van der Waals surface area contributed by atoms with Crippen molar-refractivity contribution in [2.45, 2.75) is 51.6 Å². The molecule has 0 radical (unpaired) electrons. The molecule has 0 saturated carbocycles. The number of likely N-dealkylation sites (N-methyl/N-ethyl adjacent to an activating group) is 1. The highest BCUT2D eigenvalue weighted by molar-refractivity contribution is 7.12. The van der Waals surface area contributed by atoms with E-state index in [9.17, 15) is 9.59 Å². The van der Waals surface area contributed by atoms with Crippen LogP contribution in [0.15, 0.2) is 89.8 Å². The molecule has 2 fully saturated rings. The van der Waals surface area contributed by atoms with Gasteiger partial charge in [0.25, 0.3) is 11.8 Å². The lowest BCUT2D eigenvalue weighted by atomic mass is 9.99. The highest BCUT2D eigenvalue weighted by atomic mass is 32.1. The molecular weight excluding hydrogens is 647 g/mol. The Kier molecular flexibility index (Phi) is 12.5. The highest BCUT2D eigenvalue weighted by Crippen LogP contribution is 2.37. The van der Waals surface area contributed by atoms with Gasteiger partial charge in [-0.1, -0.05) is 42.5 Å². The molecule has 0 aliphatic carbocycles. The average Bonchev–Trinajstić information content (AvgIpc) is 3.89. The molecule has 1 atom stereocenters. The Morgan fingerprint density at radius 3 is 2.46 bits per heavy atom. The Morgan fingerprint density at radius 2 is 1.76 bits per heavy atom. The first-order valence-electron chi connectivity index (χ1n) is 17.7. The summed E-state index contributed by atoms with van der Waals surface area (Å²) in [5, 5.41) is 5.00. The van der Waals surface area contributed by atoms with E-state index < -0.39 is 0 Å². The van der Waals surface area contributed by atoms with Gasteiger partial charge in [-0.15, -0.1) is 11.3 Å². The van der Waals surface area contributed by atoms with Crippen molar-refractivity contribution in [3.05, 3.63) is 106 Å². The van der Waals surface area contributed by atoms with Gasteiger partial charge in [0.05, 0.1) is 23.8 Å². The van der Waals surface area contributed by atoms with Gasteiger partial charge in [0.15, 0.2) is 0 Å². The van der Waals surface area contributed by atoms with Gasteiger partial charge in [-0.2, -0.15) is 0 Å². The molecule has 9 heteroatoms. The largest absolute Gasteiger partial charge is 0.493 e. The standard InChI is InChI=1S/C37H39N3O4S.C4H8O/c1-3-44-34-10-5-4-9-32(34)27-14-17-33-29(22-27)23-28(18-19-40(33)37(42)35-11-7-21-45-35)36(41)38-30-15-12-26(13-16-30)24-39(2)31-8-6-20-43-25-31;1-2-4-5-3-1/h4-5,7,9-17,21-23,31H,3,6,8,18-20,24-25H2,1-2H3,(H,38,41);1-4H2. The van der Waals surface area contributed by atoms with E-state index in [0.29, 0.717) is 36.1 Å². The molecule has 7 rings (SSSR count). The SMILES string of the molecule is C1CCOC1.CCOc1ccccc1-c1ccc2c(c1)C=C(C(=O)Nc1ccc(CN(C)C3CCCOC3)cc1)CCN2C(=O)c1cccs1. The Balaban J connectivity index is 0.000000794. The van der Waals surface area contributed by atoms with E-state index in [1.54, 1.807) is 4.90 Å². The number of carbonyl (C=O) groups excluding carboxylic acids is 2. The molecular formula is C41H47N3O5S. The van der Waals surface area contributed by atoms with Crippen molar-refractivity contribution in [3.8, 4) is 16.9 Å². The summed E-state index contributed by atoms with van der Waals surface area (Å²) in [6.07, 6.45) is 7.16. The minimum absolute atomic E-state index is 0.0656. The van der Waals surface area contributed by atoms with E-state index >= 15 is 0 Å². The van der Waals surface area contributed by atoms with E-state index in [-0.39, 0.29) is 11.8 Å². The zero-order chi connectivity index (χ0) is 34.7. The highest BCUT2D eigenvalue weighted by Gasteiger charge is 2.26. The number of ether oxygens (including phenoxy) is 3. The fourth-order valence-electron chi connectivity index (χ4n) is 6.51. The van der Waals surface area contributed by atoms with E-state index in [1.165, 1.54) is 29.7 Å². The first kappa shape index (κ1) is 35.5. The predicted octanol–water partition coefficient (Wildman–Crippen LogP) is 8.29. The molecule has 3 aliphatic rings. The van der Waals surface area contributed by atoms with Crippen LogP contribution < -0.4 is 15.0 Å². The number of rotatable bonds is 9. The maximum absolute atomic E-state index is 13.7. The number of hydrogen-bond donors (Lipinski definition) is 1. The summed E-state index contributed by atoms with van der Waals surface area (Å²) in [5.74, 6) is 0.559. The third kappa shape index (κ3) is 9.08. The van der Waals surface area contributed by atoms with Crippen molar-refractivity contribution in [2.24, 2.45) is 0 Å². The normalized spacial score (nSPS) is 17.2. The topological polar surface area (TPSA) is 80.3 Å². The van der Waals surface area contributed by atoms with Gasteiger partial charge in [-0.3, -0.25) is 14.5 Å². The quantitative estimate of drug-likeness (QED) is 0.190. The Bertz CT molecular complexity index is 1740. The van der Waals surface area contributed by atoms with Crippen LogP contribution in [0.3, 0.4) is 0 Å². The molecule has 3 aliphatic heterocycles. The number of carbonyl (C=O) groups is 2. The molecule has 50 heavy (non-hydrogen) atoms. The zero-order valence-corrected chi connectivity index (χ0v) is 29.9. The lowest BCUT2D eigenvalue weighted by Gasteiger charge is -2.31. The number of amides is 2. The summed E-state index contributed by atoms with van der Waals surface area (Å²) in [7, 11) is 2.14. The number of fused-ring (bicyclic) bond motifs is 1. The molecule has 2 saturated heterocycles. The van der Waals surface area contributed by atoms with Gasteiger partial charge in [-0.25, -0.2) is 0 Å². The van der Waals surface area contributed by atoms with E-state index in [4.69, 9.17) is 14.2 Å². The minimum atomic E-state index is -0.171. The number of hydrogen-bond acceptors (Lipinski definition) is 7. The molecule has 1 aromatic heterocycles. The van der Waals surface area contributed by atoms with Crippen LogP contribution in [0.4, 0.5) is 11.4 Å². The van der Waals surface area contributed by atoms with Crippen molar-refractivity contribution < 1.29 is 23.8 Å². The molecule has 0 spiro atoms. The Hall–Kier alpha value is -4.28. The number of nitrogens with zero attached hydrogens (tertiary/aromatic N) is 2. The second-order valence-electron chi connectivity index (χ2n) is 12.8. The summed E-state index contributed by atoms with van der Waals surface area (Å²) >= 11 is 1.42. The van der Waals surface area contributed by atoms with Gasteiger partial charge in [0.2, 0.25) is 0 Å². The second-order valence-corrected chi connectivity index (χ2v) is 13.8. The summed E-state index contributed by atoms with van der Waals surface area (Å²) in [6, 6.07) is 26.2. The van der Waals surface area contributed by atoms with Crippen LogP contribution in [-0.2, 0) is 20.8 Å². The average molecular weight is 694 g/mol. The van der Waals surface area contributed by atoms with Crippen molar-refractivity contribution in [2.75, 3.05) is 56.8 Å². The Labute approximate surface area is 299 Å². The van der Waals surface area contributed by atoms with Gasteiger partial charge in [0, 0.05) is 55.8 Å². The van der Waals surface area contributed by atoms with E-state index in [2.05, 4.69) is 29.4 Å². The van der Waals surface area contributed by atoms with Crippen LogP contribution in [0.25, 0.3) is 17.2 Å². The van der Waals surface area contributed by atoms with Gasteiger partial charge in [0.1, 0.15) is 5.75 Å². The molecule has 1 unspecified atom stereocenters. The van der Waals surface area contributed by atoms with Gasteiger partial charge >= 0.3 is 0 Å². The fraction of sp³-hybridized carbons (Fsp3) is 0.366. The number of anilines is 2. The van der Waals surface area contributed by atoms with Crippen LogP contribution in [-0.4, -0.2) is 69.4 Å². The molecule has 4 aromatic rings. The van der Waals surface area contributed by atoms with Crippen LogP contribution in [0.5, 0.6) is 5.75 Å². The molecule has 2 amide bonds. The molecule has 8 nitrogen and oxygen atoms in total. The summed E-state index contributed by atoms with van der Waals surface area (Å²) < 4.78 is 16.5. The van der Waals surface area contributed by atoms with E-state index in [1.807, 2.05) is 85.1 Å². The van der Waals surface area contributed by atoms with Crippen LogP contribution >= 0.6 is 11.3 Å². The number of para-hydroxylation sites is 1. The smallest absolute Gasteiger partial charge is 0.268 e. The van der Waals surface area contributed by atoms with Crippen molar-refractivity contribution >= 4 is 40.6 Å². The molecule has 0 bridgehead atoms. The van der Waals surface area contributed by atoms with Crippen LogP contribution in [0.2, 0.25) is 0 Å². The molecule has 3 aromatic carbocycles. The van der Waals surface area contributed by atoms with Crippen LogP contribution in [0.1, 0.15) is 59.8 Å². The summed E-state index contributed by atoms with van der Waals surface area (Å²) in [5.41, 5.74) is 6.06. The monoisotopic (exact) mass is 693 g/mol. The molecule has 262 valence electrons. The lowest BCUT2D eigenvalue weighted by molar-refractivity contribution is -0.112. The number of nitrogens with one attached hydrogen (secondary N) is 1. The predicted molar refractivity (Wildman–Crippen MR) is 202 cm³/mol. The summed E-state index contributed by atoms with van der Waals surface area (Å²) in [4.78, 5) is 32.1. The van der Waals surface area contributed by atoms with E-state index in [0.717, 1.165) is 79.6 Å².